The van der Waals surface area contributed by atoms with Gasteiger partial charge in [0.1, 0.15) is 11.5 Å². The van der Waals surface area contributed by atoms with Crippen LogP contribution in [0.4, 0.5) is 27.8 Å². The molecular weight excluding hydrogens is 419 g/mol. The van der Waals surface area contributed by atoms with E-state index in [4.69, 9.17) is 0 Å². The number of aromatic nitrogens is 4. The molecule has 11 heteroatoms. The number of hydrogen-bond acceptors (Lipinski definition) is 5. The first-order chi connectivity index (χ1) is 14.6. The number of pyridine rings is 2. The molecule has 1 atom stereocenters. The van der Waals surface area contributed by atoms with Gasteiger partial charge in [0, 0.05) is 37.1 Å². The van der Waals surface area contributed by atoms with E-state index in [1.165, 1.54) is 26.1 Å². The van der Waals surface area contributed by atoms with Gasteiger partial charge < -0.3 is 10.2 Å². The molecule has 0 bridgehead atoms. The van der Waals surface area contributed by atoms with Gasteiger partial charge in [0.25, 0.3) is 5.92 Å². The van der Waals surface area contributed by atoms with Crippen LogP contribution >= 0.6 is 0 Å². The zero-order chi connectivity index (χ0) is 22.4. The van der Waals surface area contributed by atoms with Crippen LogP contribution in [-0.4, -0.2) is 51.8 Å². The number of nitrogens with one attached hydrogen (secondary N) is 2. The van der Waals surface area contributed by atoms with Gasteiger partial charge in [-0.3, -0.25) is 5.10 Å². The number of halogens is 5. The Morgan fingerprint density at radius 1 is 1.13 bits per heavy atom. The summed E-state index contributed by atoms with van der Waals surface area (Å²) in [4.78, 5) is 9.86. The van der Waals surface area contributed by atoms with E-state index in [0.717, 1.165) is 6.07 Å². The molecule has 6 nitrogen and oxygen atoms in total. The molecule has 4 rings (SSSR count). The summed E-state index contributed by atoms with van der Waals surface area (Å²) >= 11 is 0. The summed E-state index contributed by atoms with van der Waals surface area (Å²) in [6.45, 7) is 3.41. The van der Waals surface area contributed by atoms with Crippen LogP contribution in [0.2, 0.25) is 0 Å². The Balaban J connectivity index is 1.76. The first kappa shape index (κ1) is 21.4. The van der Waals surface area contributed by atoms with Crippen molar-refractivity contribution in [1.29, 1.82) is 0 Å². The van der Waals surface area contributed by atoms with E-state index in [2.05, 4.69) is 25.5 Å². The van der Waals surface area contributed by atoms with Gasteiger partial charge in [0.15, 0.2) is 5.65 Å². The van der Waals surface area contributed by atoms with Gasteiger partial charge in [0.05, 0.1) is 17.3 Å². The minimum atomic E-state index is -4.66. The second-order valence-corrected chi connectivity index (χ2v) is 7.82. The van der Waals surface area contributed by atoms with Gasteiger partial charge in [-0.1, -0.05) is 13.8 Å². The van der Waals surface area contributed by atoms with Crippen molar-refractivity contribution in [2.75, 3.05) is 24.5 Å². The van der Waals surface area contributed by atoms with Crippen molar-refractivity contribution < 1.29 is 22.0 Å². The maximum atomic E-state index is 14.5. The Kier molecular flexibility index (Phi) is 5.32. The molecule has 1 aliphatic rings. The van der Waals surface area contributed by atoms with E-state index in [-0.39, 0.29) is 35.9 Å². The third-order valence-electron chi connectivity index (χ3n) is 5.49. The van der Waals surface area contributed by atoms with E-state index in [1.54, 1.807) is 17.0 Å². The maximum absolute atomic E-state index is 14.5. The summed E-state index contributed by atoms with van der Waals surface area (Å²) in [5.74, 6) is -3.66. The summed E-state index contributed by atoms with van der Waals surface area (Å²) in [5.41, 5.74) is -0.941. The topological polar surface area (TPSA) is 69.7 Å². The summed E-state index contributed by atoms with van der Waals surface area (Å²) in [6, 6.07) is 4.20. The lowest BCUT2D eigenvalue weighted by Crippen LogP contribution is -2.60. The van der Waals surface area contributed by atoms with Crippen LogP contribution in [0, 0.1) is 5.92 Å². The van der Waals surface area contributed by atoms with Gasteiger partial charge in [-0.05, 0) is 24.3 Å². The van der Waals surface area contributed by atoms with Crippen LogP contribution < -0.4 is 10.2 Å². The van der Waals surface area contributed by atoms with Crippen molar-refractivity contribution in [3.05, 3.63) is 36.0 Å². The van der Waals surface area contributed by atoms with Gasteiger partial charge in [-0.15, -0.1) is 0 Å². The van der Waals surface area contributed by atoms with E-state index >= 15 is 0 Å². The zero-order valence-electron chi connectivity index (χ0n) is 16.8. The number of hydrogen-bond donors (Lipinski definition) is 2. The van der Waals surface area contributed by atoms with Crippen LogP contribution in [0.3, 0.4) is 0 Å². The smallest absolute Gasteiger partial charge is 0.354 e. The largest absolute Gasteiger partial charge is 0.418 e. The van der Waals surface area contributed by atoms with Crippen molar-refractivity contribution >= 4 is 16.9 Å². The summed E-state index contributed by atoms with van der Waals surface area (Å²) < 4.78 is 70.2. The first-order valence-corrected chi connectivity index (χ1v) is 9.83. The predicted octanol–water partition coefficient (Wildman–Crippen LogP) is 4.11. The molecule has 4 heterocycles. The second kappa shape index (κ2) is 7.70. The fourth-order valence-corrected chi connectivity index (χ4v) is 3.69. The Bertz CT molecular complexity index is 1080. The number of aromatic amines is 1. The maximum Gasteiger partial charge on any atom is 0.418 e. The molecule has 1 saturated heterocycles. The van der Waals surface area contributed by atoms with Crippen molar-refractivity contribution in [2.45, 2.75) is 32.0 Å². The Morgan fingerprint density at radius 3 is 2.61 bits per heavy atom. The highest BCUT2D eigenvalue weighted by molar-refractivity contribution is 5.90. The lowest BCUT2D eigenvalue weighted by Gasteiger charge is -2.39. The molecular formula is C20H21F5N6. The average molecular weight is 440 g/mol. The standard InChI is InChI=1S/C20H21F5N6/c1-11(2)19(21,22)14-10-31(9-8-26-14)15-6-5-13(20(23,24)25)17(28-15)16-12-4-3-7-27-18(12)30-29-16/h3-7,11,14,26H,8-10H2,1-2H3,(H,27,29,30). The van der Waals surface area contributed by atoms with Gasteiger partial charge in [-0.25, -0.2) is 18.7 Å². The molecule has 3 aromatic heterocycles. The summed E-state index contributed by atoms with van der Waals surface area (Å²) in [7, 11) is 0. The quantitative estimate of drug-likeness (QED) is 0.598. The van der Waals surface area contributed by atoms with Crippen LogP contribution in [-0.2, 0) is 6.18 Å². The molecule has 1 fully saturated rings. The van der Waals surface area contributed by atoms with Crippen LogP contribution in [0.1, 0.15) is 19.4 Å². The van der Waals surface area contributed by atoms with E-state index in [0.29, 0.717) is 11.9 Å². The van der Waals surface area contributed by atoms with Gasteiger partial charge in [-0.2, -0.15) is 18.3 Å². The number of alkyl halides is 5. The number of H-pyrrole nitrogens is 1. The number of piperazine rings is 1. The number of fused-ring (bicyclic) bond motifs is 1. The lowest BCUT2D eigenvalue weighted by atomic mass is 9.96. The molecule has 31 heavy (non-hydrogen) atoms. The highest BCUT2D eigenvalue weighted by Crippen LogP contribution is 2.39. The Hall–Kier alpha value is -2.82. The Morgan fingerprint density at radius 2 is 1.90 bits per heavy atom. The minimum absolute atomic E-state index is 0.0751. The number of anilines is 1. The van der Waals surface area contributed by atoms with Gasteiger partial charge >= 0.3 is 6.18 Å². The molecule has 0 aliphatic carbocycles. The predicted molar refractivity (Wildman–Crippen MR) is 106 cm³/mol. The van der Waals surface area contributed by atoms with Gasteiger partial charge in [0.2, 0.25) is 0 Å². The van der Waals surface area contributed by atoms with Crippen LogP contribution in [0.15, 0.2) is 30.5 Å². The molecule has 2 N–H and O–H groups in total. The van der Waals surface area contributed by atoms with Crippen LogP contribution in [0.5, 0.6) is 0 Å². The highest BCUT2D eigenvalue weighted by atomic mass is 19.4. The van der Waals surface area contributed by atoms with Crippen molar-refractivity contribution in [3.8, 4) is 11.4 Å². The van der Waals surface area contributed by atoms with E-state index in [1.807, 2.05) is 0 Å². The summed E-state index contributed by atoms with van der Waals surface area (Å²) in [5, 5.41) is 9.76. The van der Waals surface area contributed by atoms with E-state index < -0.39 is 29.6 Å². The SMILES string of the molecule is CC(C)C(F)(F)C1CN(c2ccc(C(F)(F)F)c(-c3[nH]nc4ncccc34)n2)CCN1. The summed E-state index contributed by atoms with van der Waals surface area (Å²) in [6.07, 6.45) is -3.17. The second-order valence-electron chi connectivity index (χ2n) is 7.82. The molecule has 3 aromatic rings. The molecule has 0 radical (unpaired) electrons. The van der Waals surface area contributed by atoms with Crippen molar-refractivity contribution in [1.82, 2.24) is 25.5 Å². The van der Waals surface area contributed by atoms with Crippen molar-refractivity contribution in [3.63, 3.8) is 0 Å². The molecule has 0 amide bonds. The van der Waals surface area contributed by atoms with Crippen LogP contribution in [0.25, 0.3) is 22.4 Å². The molecule has 1 aliphatic heterocycles. The molecule has 166 valence electrons. The number of nitrogens with zero attached hydrogens (tertiary/aromatic N) is 4. The number of rotatable bonds is 4. The first-order valence-electron chi connectivity index (χ1n) is 9.83. The van der Waals surface area contributed by atoms with E-state index in [9.17, 15) is 22.0 Å². The molecule has 0 aromatic carbocycles. The lowest BCUT2D eigenvalue weighted by molar-refractivity contribution is -0.137. The monoisotopic (exact) mass is 440 g/mol. The highest BCUT2D eigenvalue weighted by Gasteiger charge is 2.45. The Labute approximate surface area is 174 Å². The third kappa shape index (κ3) is 3.93. The third-order valence-corrected chi connectivity index (χ3v) is 5.49. The molecule has 0 saturated carbocycles. The zero-order valence-corrected chi connectivity index (χ0v) is 16.8. The fraction of sp³-hybridized carbons (Fsp3) is 0.450. The average Bonchev–Trinajstić information content (AvgIpc) is 3.17. The van der Waals surface area contributed by atoms with Crippen molar-refractivity contribution in [2.24, 2.45) is 5.92 Å². The minimum Gasteiger partial charge on any atom is -0.354 e. The molecule has 1 unspecified atom stereocenters. The molecule has 0 spiro atoms. The normalized spacial score (nSPS) is 18.2. The fourth-order valence-electron chi connectivity index (χ4n) is 3.69.